The molecule has 0 spiro atoms. The number of nitrogens with two attached hydrogens (primary N) is 1. The maximum atomic E-state index is 11.7. The second-order valence-corrected chi connectivity index (χ2v) is 9.20. The van der Waals surface area contributed by atoms with E-state index >= 15 is 0 Å². The predicted octanol–water partition coefficient (Wildman–Crippen LogP) is 4.74. The molecule has 0 aliphatic carbocycles. The molecule has 2 atom stereocenters. The first-order chi connectivity index (χ1) is 14.9. The summed E-state index contributed by atoms with van der Waals surface area (Å²) in [6, 6.07) is 13.8. The van der Waals surface area contributed by atoms with Gasteiger partial charge in [0.1, 0.15) is 17.7 Å². The summed E-state index contributed by atoms with van der Waals surface area (Å²) < 4.78 is 7.21. The molecule has 1 fully saturated rings. The molecule has 5 N–H and O–H groups in total. The first-order valence-corrected chi connectivity index (χ1v) is 11.3. The number of aryl methyl sites for hydroxylation is 2. The third-order valence-electron chi connectivity index (χ3n) is 5.79. The summed E-state index contributed by atoms with van der Waals surface area (Å²) >= 11 is 1.72. The number of ether oxygens (including phenoxy) is 1. The van der Waals surface area contributed by atoms with Crippen LogP contribution >= 0.6 is 36.2 Å². The van der Waals surface area contributed by atoms with E-state index in [1.54, 1.807) is 18.3 Å². The number of fused-ring (bicyclic) bond motifs is 1. The minimum atomic E-state index is -0.834. The lowest BCUT2D eigenvalue weighted by Gasteiger charge is -2.18. The Labute approximate surface area is 209 Å². The van der Waals surface area contributed by atoms with E-state index in [-0.39, 0.29) is 36.8 Å². The number of benzene rings is 2. The molecule has 0 saturated carbocycles. The van der Waals surface area contributed by atoms with Gasteiger partial charge in [-0.3, -0.25) is 10.2 Å². The van der Waals surface area contributed by atoms with Crippen LogP contribution in [0.15, 0.2) is 42.5 Å². The number of carbonyl (C=O) groups is 1. The van der Waals surface area contributed by atoms with E-state index in [1.165, 1.54) is 4.88 Å². The van der Waals surface area contributed by atoms with Crippen LogP contribution < -0.4 is 15.8 Å². The van der Waals surface area contributed by atoms with Gasteiger partial charge < -0.3 is 20.9 Å². The lowest BCUT2D eigenvalue weighted by molar-refractivity contribution is -0.138. The van der Waals surface area contributed by atoms with E-state index in [0.717, 1.165) is 64.9 Å². The largest absolute Gasteiger partial charge is 0.489 e. The number of thiophene rings is 1. The fourth-order valence-electron chi connectivity index (χ4n) is 3.98. The number of hydrogen-bond acceptors (Lipinski definition) is 5. The van der Waals surface area contributed by atoms with Crippen LogP contribution in [0.1, 0.15) is 40.8 Å². The molecule has 2 heterocycles. The van der Waals surface area contributed by atoms with Crippen LogP contribution in [0.2, 0.25) is 0 Å². The smallest absolute Gasteiger partial charge is 0.310 e. The minimum Gasteiger partial charge on any atom is -0.489 e. The zero-order valence-corrected chi connectivity index (χ0v) is 20.7. The molecule has 0 amide bonds. The van der Waals surface area contributed by atoms with Crippen molar-refractivity contribution in [3.05, 3.63) is 64.0 Å². The van der Waals surface area contributed by atoms with E-state index in [1.807, 2.05) is 36.4 Å². The van der Waals surface area contributed by atoms with Crippen LogP contribution in [-0.4, -0.2) is 36.1 Å². The second kappa shape index (κ2) is 11.7. The average molecular weight is 510 g/mol. The summed E-state index contributed by atoms with van der Waals surface area (Å²) in [6.07, 6.45) is 2.67. The summed E-state index contributed by atoms with van der Waals surface area (Å²) in [6.45, 7) is 3.50. The molecule has 1 aliphatic rings. The number of nitrogens with one attached hydrogen (secondary N) is 2. The molecule has 0 bridgehead atoms. The molecule has 9 heteroatoms. The number of rotatable bonds is 8. The number of aliphatic carboxylic acids is 1. The quantitative estimate of drug-likeness (QED) is 0.259. The van der Waals surface area contributed by atoms with Crippen LogP contribution in [0.5, 0.6) is 5.75 Å². The highest BCUT2D eigenvalue weighted by atomic mass is 35.5. The number of halogens is 2. The van der Waals surface area contributed by atoms with Gasteiger partial charge in [0.25, 0.3) is 0 Å². The van der Waals surface area contributed by atoms with Crippen molar-refractivity contribution >= 4 is 58.0 Å². The first kappa shape index (κ1) is 26.9. The third kappa shape index (κ3) is 6.38. The average Bonchev–Trinajstić information content (AvgIpc) is 3.40. The Kier molecular flexibility index (Phi) is 9.55. The lowest BCUT2D eigenvalue weighted by atomic mass is 9.92. The maximum absolute atomic E-state index is 11.7. The number of amidine groups is 1. The lowest BCUT2D eigenvalue weighted by Crippen LogP contribution is -2.20. The maximum Gasteiger partial charge on any atom is 0.310 e. The SMILES string of the molecule is CC(C(=O)O)c1cc(O[C@H]2CCNC2)ccc1CCc1cc2cc(C(=N)N)ccc2s1.Cl.Cl. The molecule has 2 aromatic carbocycles. The van der Waals surface area contributed by atoms with E-state index in [4.69, 9.17) is 15.9 Å². The van der Waals surface area contributed by atoms with Crippen LogP contribution in [0, 0.1) is 5.41 Å². The van der Waals surface area contributed by atoms with Crippen molar-refractivity contribution < 1.29 is 14.6 Å². The van der Waals surface area contributed by atoms with E-state index in [0.29, 0.717) is 0 Å². The van der Waals surface area contributed by atoms with Crippen LogP contribution in [0.4, 0.5) is 0 Å². The Morgan fingerprint density at radius 2 is 2.03 bits per heavy atom. The Morgan fingerprint density at radius 1 is 1.24 bits per heavy atom. The van der Waals surface area contributed by atoms with Gasteiger partial charge in [-0.25, -0.2) is 0 Å². The fourth-order valence-corrected chi connectivity index (χ4v) is 5.02. The zero-order valence-electron chi connectivity index (χ0n) is 18.3. The molecule has 178 valence electrons. The van der Waals surface area contributed by atoms with Gasteiger partial charge >= 0.3 is 5.97 Å². The molecule has 3 aromatic rings. The monoisotopic (exact) mass is 509 g/mol. The molecule has 33 heavy (non-hydrogen) atoms. The van der Waals surface area contributed by atoms with Crippen molar-refractivity contribution in [1.82, 2.24) is 5.32 Å². The number of hydrogen-bond donors (Lipinski definition) is 4. The summed E-state index contributed by atoms with van der Waals surface area (Å²) in [5.74, 6) is -0.628. The molecule has 1 aliphatic heterocycles. The van der Waals surface area contributed by atoms with Crippen molar-refractivity contribution in [3.63, 3.8) is 0 Å². The molecule has 1 saturated heterocycles. The Balaban J connectivity index is 0.00000193. The van der Waals surface area contributed by atoms with Gasteiger partial charge in [-0.15, -0.1) is 36.2 Å². The Hall–Kier alpha value is -2.32. The van der Waals surface area contributed by atoms with Crippen molar-refractivity contribution in [2.24, 2.45) is 5.73 Å². The molecular weight excluding hydrogens is 481 g/mol. The van der Waals surface area contributed by atoms with Gasteiger partial charge in [0.2, 0.25) is 0 Å². The summed E-state index contributed by atoms with van der Waals surface area (Å²) in [5, 5.41) is 21.6. The summed E-state index contributed by atoms with van der Waals surface area (Å²) in [4.78, 5) is 12.9. The number of carboxylic acids is 1. The van der Waals surface area contributed by atoms with Crippen LogP contribution in [0.3, 0.4) is 0 Å². The highest BCUT2D eigenvalue weighted by molar-refractivity contribution is 7.19. The predicted molar refractivity (Wildman–Crippen MR) is 139 cm³/mol. The van der Waals surface area contributed by atoms with Gasteiger partial charge in [-0.05, 0) is 85.6 Å². The highest BCUT2D eigenvalue weighted by Crippen LogP contribution is 2.30. The number of carboxylic acid groups (broad SMARTS) is 1. The Bertz CT molecular complexity index is 1130. The van der Waals surface area contributed by atoms with Gasteiger partial charge in [0.05, 0.1) is 5.92 Å². The number of nitrogen functional groups attached to an aromatic ring is 1. The molecule has 6 nitrogen and oxygen atoms in total. The third-order valence-corrected chi connectivity index (χ3v) is 6.97. The standard InChI is InChI=1S/C24H27N3O3S.2ClH/c1-14(24(28)29)21-12-18(30-19-8-9-27-13-19)5-2-15(21)3-6-20-11-17-10-16(23(25)26)4-7-22(17)31-20;;/h2,4-5,7,10-12,14,19,27H,3,6,8-9,13H2,1H3,(H3,25,26)(H,28,29);2*1H/t14?,19-;;/m0../s1. The van der Waals surface area contributed by atoms with Crippen molar-refractivity contribution in [2.45, 2.75) is 38.2 Å². The molecule has 4 rings (SSSR count). The highest BCUT2D eigenvalue weighted by Gasteiger charge is 2.21. The normalized spacial score (nSPS) is 16.0. The van der Waals surface area contributed by atoms with Gasteiger partial charge in [0.15, 0.2) is 0 Å². The first-order valence-electron chi connectivity index (χ1n) is 10.5. The zero-order chi connectivity index (χ0) is 22.0. The molecule has 1 unspecified atom stereocenters. The fraction of sp³-hybridized carbons (Fsp3) is 0.333. The minimum absolute atomic E-state index is 0. The van der Waals surface area contributed by atoms with Gasteiger partial charge in [-0.1, -0.05) is 6.07 Å². The second-order valence-electron chi connectivity index (χ2n) is 8.03. The topological polar surface area (TPSA) is 108 Å². The molecule has 0 radical (unpaired) electrons. The van der Waals surface area contributed by atoms with Crippen LogP contribution in [-0.2, 0) is 17.6 Å². The Morgan fingerprint density at radius 3 is 2.70 bits per heavy atom. The molecular formula is C24H29Cl2N3O3S. The van der Waals surface area contributed by atoms with E-state index in [9.17, 15) is 9.90 Å². The van der Waals surface area contributed by atoms with Crippen molar-refractivity contribution in [1.29, 1.82) is 5.41 Å². The van der Waals surface area contributed by atoms with Gasteiger partial charge in [0, 0.05) is 21.7 Å². The van der Waals surface area contributed by atoms with E-state index in [2.05, 4.69) is 11.4 Å². The summed E-state index contributed by atoms with van der Waals surface area (Å²) in [5.41, 5.74) is 8.18. The van der Waals surface area contributed by atoms with Crippen molar-refractivity contribution in [2.75, 3.05) is 13.1 Å². The molecule has 1 aromatic heterocycles. The van der Waals surface area contributed by atoms with Crippen LogP contribution in [0.25, 0.3) is 10.1 Å². The summed E-state index contributed by atoms with van der Waals surface area (Å²) in [7, 11) is 0. The van der Waals surface area contributed by atoms with E-state index < -0.39 is 11.9 Å². The van der Waals surface area contributed by atoms with Gasteiger partial charge in [-0.2, -0.15) is 0 Å². The van der Waals surface area contributed by atoms with Crippen molar-refractivity contribution in [3.8, 4) is 5.75 Å².